The molecule has 262 valence electrons. The van der Waals surface area contributed by atoms with E-state index in [-0.39, 0.29) is 0 Å². The molecule has 0 amide bonds. The first-order valence-electron chi connectivity index (χ1n) is 18.9. The first-order valence-corrected chi connectivity index (χ1v) is 19.7. The quantitative estimate of drug-likeness (QED) is 0.170. The first-order chi connectivity index (χ1) is 27.8. The Morgan fingerprint density at radius 2 is 0.911 bits per heavy atom. The molecule has 0 atom stereocenters. The molecule has 3 heterocycles. The second-order valence-corrected chi connectivity index (χ2v) is 15.2. The van der Waals surface area contributed by atoms with E-state index in [2.05, 4.69) is 180 Å². The molecule has 0 aliphatic heterocycles. The van der Waals surface area contributed by atoms with Gasteiger partial charge in [-0.2, -0.15) is 0 Å². The highest BCUT2D eigenvalue weighted by Gasteiger charge is 2.21. The van der Waals surface area contributed by atoms with Crippen LogP contribution in [0.15, 0.2) is 200 Å². The molecular formula is C52H33N3S. The number of hydrogen-bond acceptors (Lipinski definition) is 3. The molecule has 0 fully saturated rings. The SMILES string of the molecule is c1ccc(-c2cccc(-c3cccc4c3sc3c(-n5c6ccccc6c6c(-c7cc(-c8ccccc8)nc(-c8ccccc8)n7)cccc65)cccc34)c2)cc1. The molecule has 0 aliphatic carbocycles. The van der Waals surface area contributed by atoms with Crippen LogP contribution in [-0.2, 0) is 0 Å². The van der Waals surface area contributed by atoms with Crippen molar-refractivity contribution in [1.82, 2.24) is 14.5 Å². The smallest absolute Gasteiger partial charge is 0.160 e. The van der Waals surface area contributed by atoms with Gasteiger partial charge >= 0.3 is 0 Å². The average molecular weight is 732 g/mol. The number of thiophene rings is 1. The van der Waals surface area contributed by atoms with Crippen LogP contribution in [0.25, 0.3) is 104 Å². The molecular weight excluding hydrogens is 699 g/mol. The summed E-state index contributed by atoms with van der Waals surface area (Å²) in [7, 11) is 0. The highest BCUT2D eigenvalue weighted by Crippen LogP contribution is 2.45. The van der Waals surface area contributed by atoms with E-state index in [4.69, 9.17) is 9.97 Å². The lowest BCUT2D eigenvalue weighted by Gasteiger charge is -2.11. The molecule has 0 saturated heterocycles. The second kappa shape index (κ2) is 13.3. The van der Waals surface area contributed by atoms with Crippen LogP contribution in [0.5, 0.6) is 0 Å². The van der Waals surface area contributed by atoms with Gasteiger partial charge in [-0.1, -0.05) is 170 Å². The molecule has 0 aliphatic rings. The van der Waals surface area contributed by atoms with Crippen molar-refractivity contribution >= 4 is 53.3 Å². The van der Waals surface area contributed by atoms with E-state index in [0.717, 1.165) is 39.1 Å². The van der Waals surface area contributed by atoms with Crippen LogP contribution in [0.4, 0.5) is 0 Å². The van der Waals surface area contributed by atoms with Crippen LogP contribution in [0.3, 0.4) is 0 Å². The lowest BCUT2D eigenvalue weighted by molar-refractivity contribution is 1.18. The molecule has 0 N–H and O–H groups in total. The number of nitrogens with zero attached hydrogens (tertiary/aromatic N) is 3. The normalized spacial score (nSPS) is 11.6. The van der Waals surface area contributed by atoms with Crippen LogP contribution < -0.4 is 0 Å². The predicted octanol–water partition coefficient (Wildman–Crippen LogP) is 14.3. The topological polar surface area (TPSA) is 30.7 Å². The van der Waals surface area contributed by atoms with Gasteiger partial charge in [0.25, 0.3) is 0 Å². The zero-order chi connectivity index (χ0) is 37.0. The van der Waals surface area contributed by atoms with E-state index in [1.807, 2.05) is 35.6 Å². The molecule has 0 unspecified atom stereocenters. The third-order valence-corrected chi connectivity index (χ3v) is 12.1. The molecule has 0 radical (unpaired) electrons. The molecule has 56 heavy (non-hydrogen) atoms. The molecule has 0 saturated carbocycles. The fourth-order valence-electron chi connectivity index (χ4n) is 8.26. The van der Waals surface area contributed by atoms with Gasteiger partial charge in [0, 0.05) is 42.9 Å². The number of rotatable bonds is 6. The van der Waals surface area contributed by atoms with Gasteiger partial charge in [0.15, 0.2) is 5.82 Å². The van der Waals surface area contributed by atoms with Crippen LogP contribution in [0.2, 0.25) is 0 Å². The Hall–Kier alpha value is -7.14. The zero-order valence-electron chi connectivity index (χ0n) is 30.3. The minimum Gasteiger partial charge on any atom is -0.308 e. The Kier molecular flexibility index (Phi) is 7.68. The molecule has 11 aromatic rings. The fraction of sp³-hybridized carbons (Fsp3) is 0. The monoisotopic (exact) mass is 731 g/mol. The van der Waals surface area contributed by atoms with E-state index in [1.54, 1.807) is 0 Å². The maximum atomic E-state index is 5.26. The van der Waals surface area contributed by atoms with Crippen molar-refractivity contribution in [3.8, 4) is 61.8 Å². The molecule has 3 nitrogen and oxygen atoms in total. The van der Waals surface area contributed by atoms with Crippen LogP contribution in [0.1, 0.15) is 0 Å². The Balaban J connectivity index is 1.13. The third kappa shape index (κ3) is 5.34. The van der Waals surface area contributed by atoms with Crippen molar-refractivity contribution < 1.29 is 0 Å². The third-order valence-electron chi connectivity index (χ3n) is 10.8. The predicted molar refractivity (Wildman–Crippen MR) is 236 cm³/mol. The summed E-state index contributed by atoms with van der Waals surface area (Å²) in [6.07, 6.45) is 0. The van der Waals surface area contributed by atoms with Gasteiger partial charge < -0.3 is 4.57 Å². The molecule has 11 rings (SSSR count). The number of para-hydroxylation sites is 1. The Bertz CT molecular complexity index is 3180. The summed E-state index contributed by atoms with van der Waals surface area (Å²) in [6, 6.07) is 71.3. The summed E-state index contributed by atoms with van der Waals surface area (Å²) in [5, 5.41) is 4.91. The van der Waals surface area contributed by atoms with Gasteiger partial charge in [-0.15, -0.1) is 11.3 Å². The number of fused-ring (bicyclic) bond motifs is 6. The standard InChI is InChI=1S/C52H33N3S/c1-4-16-34(17-5-1)37-22-12-23-38(32-37)39-25-13-26-40-41-27-14-31-48(51(41)56-50(39)40)55-46-29-11-10-24-43(46)49-42(28-15-30-47(49)55)45-33-44(35-18-6-2-7-19-35)53-52(54-45)36-20-8-3-9-21-36/h1-33H. The lowest BCUT2D eigenvalue weighted by Crippen LogP contribution is -1.96. The van der Waals surface area contributed by atoms with E-state index >= 15 is 0 Å². The summed E-state index contributed by atoms with van der Waals surface area (Å²) in [4.78, 5) is 10.3. The summed E-state index contributed by atoms with van der Waals surface area (Å²) in [5.41, 5.74) is 13.3. The maximum Gasteiger partial charge on any atom is 0.160 e. The number of aromatic nitrogens is 3. The van der Waals surface area contributed by atoms with Gasteiger partial charge in [0.2, 0.25) is 0 Å². The highest BCUT2D eigenvalue weighted by molar-refractivity contribution is 7.26. The largest absolute Gasteiger partial charge is 0.308 e. The molecule has 4 heteroatoms. The van der Waals surface area contributed by atoms with Crippen LogP contribution >= 0.6 is 11.3 Å². The van der Waals surface area contributed by atoms with E-state index in [1.165, 1.54) is 58.9 Å². The van der Waals surface area contributed by atoms with Gasteiger partial charge in [-0.05, 0) is 52.6 Å². The summed E-state index contributed by atoms with van der Waals surface area (Å²) in [5.74, 6) is 0.711. The van der Waals surface area contributed by atoms with Crippen molar-refractivity contribution in [2.75, 3.05) is 0 Å². The van der Waals surface area contributed by atoms with Crippen molar-refractivity contribution in [2.24, 2.45) is 0 Å². The van der Waals surface area contributed by atoms with Crippen molar-refractivity contribution in [3.05, 3.63) is 200 Å². The Morgan fingerprint density at radius 1 is 0.357 bits per heavy atom. The summed E-state index contributed by atoms with van der Waals surface area (Å²) in [6.45, 7) is 0. The van der Waals surface area contributed by atoms with Crippen molar-refractivity contribution in [3.63, 3.8) is 0 Å². The van der Waals surface area contributed by atoms with Crippen molar-refractivity contribution in [2.45, 2.75) is 0 Å². The van der Waals surface area contributed by atoms with Crippen LogP contribution in [-0.4, -0.2) is 14.5 Å². The van der Waals surface area contributed by atoms with Gasteiger partial charge in [-0.25, -0.2) is 9.97 Å². The van der Waals surface area contributed by atoms with E-state index in [9.17, 15) is 0 Å². The molecule has 0 spiro atoms. The number of hydrogen-bond donors (Lipinski definition) is 0. The second-order valence-electron chi connectivity index (χ2n) is 14.1. The van der Waals surface area contributed by atoms with Gasteiger partial charge in [0.1, 0.15) is 0 Å². The van der Waals surface area contributed by atoms with Gasteiger partial charge in [0.05, 0.1) is 32.8 Å². The van der Waals surface area contributed by atoms with Crippen LogP contribution in [0, 0.1) is 0 Å². The maximum absolute atomic E-state index is 5.26. The fourth-order valence-corrected chi connectivity index (χ4v) is 9.60. The van der Waals surface area contributed by atoms with E-state index in [0.29, 0.717) is 5.82 Å². The Morgan fingerprint density at radius 3 is 1.71 bits per heavy atom. The summed E-state index contributed by atoms with van der Waals surface area (Å²) >= 11 is 1.89. The van der Waals surface area contributed by atoms with Crippen molar-refractivity contribution in [1.29, 1.82) is 0 Å². The number of benzene rings is 8. The minimum atomic E-state index is 0.711. The lowest BCUT2D eigenvalue weighted by atomic mass is 9.98. The first kappa shape index (κ1) is 32.3. The van der Waals surface area contributed by atoms with E-state index < -0.39 is 0 Å². The van der Waals surface area contributed by atoms with Gasteiger partial charge in [-0.3, -0.25) is 0 Å². The summed E-state index contributed by atoms with van der Waals surface area (Å²) < 4.78 is 5.02. The Labute approximate surface area is 328 Å². The molecule has 8 aromatic carbocycles. The molecule has 3 aromatic heterocycles. The highest BCUT2D eigenvalue weighted by atomic mass is 32.1. The average Bonchev–Trinajstić information content (AvgIpc) is 3.83. The molecule has 0 bridgehead atoms. The minimum absolute atomic E-state index is 0.711. The zero-order valence-corrected chi connectivity index (χ0v) is 31.1.